The van der Waals surface area contributed by atoms with Gasteiger partial charge in [0.2, 0.25) is 0 Å². The lowest BCUT2D eigenvalue weighted by atomic mass is 10.1. The Kier molecular flexibility index (Phi) is 7.11. The highest BCUT2D eigenvalue weighted by molar-refractivity contribution is 6.04. The Balaban J connectivity index is 1.61. The molecule has 1 atom stereocenters. The molecule has 3 aromatic rings. The van der Waals surface area contributed by atoms with Gasteiger partial charge in [0.1, 0.15) is 5.82 Å². The molecule has 0 saturated heterocycles. The predicted octanol–water partition coefficient (Wildman–Crippen LogP) is 4.11. The molecule has 0 spiro atoms. The summed E-state index contributed by atoms with van der Waals surface area (Å²) in [7, 11) is 0. The number of carbonyl (C=O) groups is 3. The molecular formula is C24H21FN2O4. The molecule has 0 fully saturated rings. The molecule has 2 amide bonds. The van der Waals surface area contributed by atoms with E-state index in [1.54, 1.807) is 24.3 Å². The van der Waals surface area contributed by atoms with E-state index in [0.717, 1.165) is 11.6 Å². The third-order valence-corrected chi connectivity index (χ3v) is 4.49. The lowest BCUT2D eigenvalue weighted by molar-refractivity contribution is -0.119. The van der Waals surface area contributed by atoms with Crippen LogP contribution in [0.15, 0.2) is 78.9 Å². The Labute approximate surface area is 179 Å². The zero-order valence-corrected chi connectivity index (χ0v) is 16.8. The minimum Gasteiger partial charge on any atom is -0.452 e. The third-order valence-electron chi connectivity index (χ3n) is 4.49. The Morgan fingerprint density at radius 2 is 1.65 bits per heavy atom. The molecule has 0 aliphatic carbocycles. The first kappa shape index (κ1) is 21.7. The minimum absolute atomic E-state index is 0.00229. The van der Waals surface area contributed by atoms with Crippen molar-refractivity contribution < 1.29 is 23.5 Å². The fourth-order valence-corrected chi connectivity index (χ4v) is 2.91. The van der Waals surface area contributed by atoms with Gasteiger partial charge in [-0.05, 0) is 42.8 Å². The summed E-state index contributed by atoms with van der Waals surface area (Å²) in [6, 6.07) is 20.7. The van der Waals surface area contributed by atoms with Crippen LogP contribution in [0.5, 0.6) is 0 Å². The molecular weight excluding hydrogens is 399 g/mol. The van der Waals surface area contributed by atoms with E-state index in [1.807, 2.05) is 37.3 Å². The van der Waals surface area contributed by atoms with Gasteiger partial charge in [0.05, 0.1) is 22.9 Å². The van der Waals surface area contributed by atoms with Gasteiger partial charge >= 0.3 is 5.97 Å². The van der Waals surface area contributed by atoms with E-state index in [4.69, 9.17) is 4.74 Å². The second-order valence-electron chi connectivity index (χ2n) is 6.79. The summed E-state index contributed by atoms with van der Waals surface area (Å²) in [5.74, 6) is -2.38. The van der Waals surface area contributed by atoms with Crippen LogP contribution in [0.2, 0.25) is 0 Å². The van der Waals surface area contributed by atoms with E-state index in [2.05, 4.69) is 10.6 Å². The second kappa shape index (κ2) is 10.2. The van der Waals surface area contributed by atoms with Gasteiger partial charge in [0.15, 0.2) is 6.61 Å². The number of hydrogen-bond acceptors (Lipinski definition) is 4. The van der Waals surface area contributed by atoms with E-state index in [1.165, 1.54) is 18.2 Å². The van der Waals surface area contributed by atoms with Crippen molar-refractivity contribution in [1.29, 1.82) is 0 Å². The van der Waals surface area contributed by atoms with Crippen molar-refractivity contribution in [2.24, 2.45) is 0 Å². The monoisotopic (exact) mass is 420 g/mol. The van der Waals surface area contributed by atoms with Crippen LogP contribution in [0.4, 0.5) is 10.1 Å². The number of benzene rings is 3. The van der Waals surface area contributed by atoms with Gasteiger partial charge in [-0.1, -0.05) is 48.5 Å². The van der Waals surface area contributed by atoms with Crippen LogP contribution in [0.1, 0.15) is 39.2 Å². The molecule has 0 saturated carbocycles. The van der Waals surface area contributed by atoms with Gasteiger partial charge in [0, 0.05) is 0 Å². The maximum atomic E-state index is 13.2. The summed E-state index contributed by atoms with van der Waals surface area (Å²) >= 11 is 0. The van der Waals surface area contributed by atoms with Crippen LogP contribution in [0.3, 0.4) is 0 Å². The van der Waals surface area contributed by atoms with E-state index in [-0.39, 0.29) is 28.8 Å². The largest absolute Gasteiger partial charge is 0.452 e. The van der Waals surface area contributed by atoms with Crippen LogP contribution in [-0.4, -0.2) is 24.4 Å². The number of halogens is 1. The van der Waals surface area contributed by atoms with Crippen LogP contribution in [0, 0.1) is 5.82 Å². The maximum Gasteiger partial charge on any atom is 0.338 e. The summed E-state index contributed by atoms with van der Waals surface area (Å²) in [6.45, 7) is 1.28. The van der Waals surface area contributed by atoms with E-state index in [0.29, 0.717) is 0 Å². The number of ether oxygens (including phenoxy) is 1. The van der Waals surface area contributed by atoms with E-state index < -0.39 is 24.3 Å². The molecule has 3 aromatic carbocycles. The van der Waals surface area contributed by atoms with Crippen LogP contribution < -0.4 is 10.6 Å². The summed E-state index contributed by atoms with van der Waals surface area (Å²) < 4.78 is 18.1. The molecule has 0 radical (unpaired) electrons. The fraction of sp³-hybridized carbons (Fsp3) is 0.125. The molecule has 3 rings (SSSR count). The quantitative estimate of drug-likeness (QED) is 0.564. The van der Waals surface area contributed by atoms with Gasteiger partial charge < -0.3 is 15.4 Å². The average Bonchev–Trinajstić information content (AvgIpc) is 2.78. The normalized spacial score (nSPS) is 11.3. The van der Waals surface area contributed by atoms with Gasteiger partial charge in [0.25, 0.3) is 11.8 Å². The number of carbonyl (C=O) groups excluding carboxylic acids is 3. The van der Waals surface area contributed by atoms with Gasteiger partial charge in [-0.3, -0.25) is 9.59 Å². The molecule has 0 aliphatic heterocycles. The number of nitrogens with one attached hydrogen (secondary N) is 2. The number of esters is 1. The Morgan fingerprint density at radius 1 is 0.935 bits per heavy atom. The highest BCUT2D eigenvalue weighted by Crippen LogP contribution is 2.18. The lowest BCUT2D eigenvalue weighted by Crippen LogP contribution is -2.28. The van der Waals surface area contributed by atoms with Crippen LogP contribution >= 0.6 is 0 Å². The smallest absolute Gasteiger partial charge is 0.338 e. The van der Waals surface area contributed by atoms with Crippen molar-refractivity contribution >= 4 is 23.5 Å². The Bertz CT molecular complexity index is 1090. The summed E-state index contributed by atoms with van der Waals surface area (Å²) in [4.78, 5) is 36.9. The van der Waals surface area contributed by atoms with Gasteiger partial charge in [-0.15, -0.1) is 0 Å². The van der Waals surface area contributed by atoms with E-state index >= 15 is 0 Å². The first-order valence-electron chi connectivity index (χ1n) is 9.61. The van der Waals surface area contributed by atoms with Crippen molar-refractivity contribution in [2.45, 2.75) is 13.0 Å². The minimum atomic E-state index is -0.822. The molecule has 2 N–H and O–H groups in total. The molecule has 0 bridgehead atoms. The molecule has 158 valence electrons. The number of hydrogen-bond donors (Lipinski definition) is 2. The summed E-state index contributed by atoms with van der Waals surface area (Å²) in [6.07, 6.45) is 0. The molecule has 0 aromatic heterocycles. The lowest BCUT2D eigenvalue weighted by Gasteiger charge is -2.16. The van der Waals surface area contributed by atoms with Crippen molar-refractivity contribution in [3.05, 3.63) is 101 Å². The first-order chi connectivity index (χ1) is 14.9. The standard InChI is InChI=1S/C24H21FN2O4/c1-16(17-8-3-2-4-9-17)26-23(29)20-12-5-6-13-21(20)27-22(28)15-31-24(30)18-10-7-11-19(25)14-18/h2-14,16H,15H2,1H3,(H,26,29)(H,27,28). The molecule has 0 heterocycles. The second-order valence-corrected chi connectivity index (χ2v) is 6.79. The SMILES string of the molecule is CC(NC(=O)c1ccccc1NC(=O)COC(=O)c1cccc(F)c1)c1ccccc1. The van der Waals surface area contributed by atoms with Gasteiger partial charge in [-0.25, -0.2) is 9.18 Å². The molecule has 31 heavy (non-hydrogen) atoms. The zero-order chi connectivity index (χ0) is 22.2. The molecule has 0 aliphatic rings. The number of para-hydroxylation sites is 1. The highest BCUT2D eigenvalue weighted by Gasteiger charge is 2.17. The first-order valence-corrected chi connectivity index (χ1v) is 9.61. The molecule has 7 heteroatoms. The highest BCUT2D eigenvalue weighted by atomic mass is 19.1. The van der Waals surface area contributed by atoms with Gasteiger partial charge in [-0.2, -0.15) is 0 Å². The molecule has 6 nitrogen and oxygen atoms in total. The Hall–Kier alpha value is -4.00. The van der Waals surface area contributed by atoms with Crippen LogP contribution in [0.25, 0.3) is 0 Å². The molecule has 1 unspecified atom stereocenters. The maximum absolute atomic E-state index is 13.2. The number of rotatable bonds is 7. The van der Waals surface area contributed by atoms with Crippen molar-refractivity contribution in [3.8, 4) is 0 Å². The topological polar surface area (TPSA) is 84.5 Å². The third kappa shape index (κ3) is 5.99. The zero-order valence-electron chi connectivity index (χ0n) is 16.8. The Morgan fingerprint density at radius 3 is 2.39 bits per heavy atom. The van der Waals surface area contributed by atoms with Crippen molar-refractivity contribution in [1.82, 2.24) is 5.32 Å². The predicted molar refractivity (Wildman–Crippen MR) is 114 cm³/mol. The van der Waals surface area contributed by atoms with Crippen molar-refractivity contribution in [2.75, 3.05) is 11.9 Å². The summed E-state index contributed by atoms with van der Waals surface area (Å²) in [5.41, 5.74) is 1.51. The summed E-state index contributed by atoms with van der Waals surface area (Å²) in [5, 5.41) is 5.46. The van der Waals surface area contributed by atoms with E-state index in [9.17, 15) is 18.8 Å². The number of anilines is 1. The van der Waals surface area contributed by atoms with Crippen molar-refractivity contribution in [3.63, 3.8) is 0 Å². The van der Waals surface area contributed by atoms with Crippen LogP contribution in [-0.2, 0) is 9.53 Å². The average molecular weight is 420 g/mol. The fourth-order valence-electron chi connectivity index (χ4n) is 2.91. The number of amides is 2.